The highest BCUT2D eigenvalue weighted by Gasteiger charge is 2.56. The van der Waals surface area contributed by atoms with Gasteiger partial charge in [-0.05, 0) is 74.5 Å². The lowest BCUT2D eigenvalue weighted by Crippen LogP contribution is -2.57. The standard InChI is InChI=1S/C23H29NO5S/c1-28-19-3-4-20(21(10-19)29-2)24(18-5-6-30(26,27)14-18)22(25)23-11-15-7-16(12-23)9-17(8-15)13-23/h3-6,10,15-18H,7-9,11-14H2,1-2H3/t15?,16?,17?,18-,23?/m1/s1. The highest BCUT2D eigenvalue weighted by molar-refractivity contribution is 7.94. The molecule has 0 saturated heterocycles. The molecule has 1 aromatic rings. The maximum atomic E-state index is 14.2. The van der Waals surface area contributed by atoms with Crippen molar-refractivity contribution < 1.29 is 22.7 Å². The van der Waals surface area contributed by atoms with Crippen molar-refractivity contribution in [1.82, 2.24) is 0 Å². The first kappa shape index (κ1) is 19.9. The van der Waals surface area contributed by atoms with E-state index >= 15 is 0 Å². The van der Waals surface area contributed by atoms with Crippen molar-refractivity contribution in [1.29, 1.82) is 0 Å². The maximum absolute atomic E-state index is 14.2. The van der Waals surface area contributed by atoms with Crippen LogP contribution < -0.4 is 14.4 Å². The van der Waals surface area contributed by atoms with Crippen LogP contribution in [0.1, 0.15) is 38.5 Å². The number of anilines is 1. The number of methoxy groups -OCH3 is 2. The number of ether oxygens (including phenoxy) is 2. The van der Waals surface area contributed by atoms with E-state index in [1.54, 1.807) is 37.3 Å². The lowest BCUT2D eigenvalue weighted by molar-refractivity contribution is -0.143. The molecule has 4 bridgehead atoms. The van der Waals surface area contributed by atoms with E-state index < -0.39 is 15.9 Å². The normalized spacial score (nSPS) is 35.4. The Morgan fingerprint density at radius 2 is 1.67 bits per heavy atom. The summed E-state index contributed by atoms with van der Waals surface area (Å²) in [5.74, 6) is 3.02. The maximum Gasteiger partial charge on any atom is 0.233 e. The molecule has 6 nitrogen and oxygen atoms in total. The van der Waals surface area contributed by atoms with Crippen LogP contribution in [0.15, 0.2) is 29.7 Å². The van der Waals surface area contributed by atoms with Gasteiger partial charge in [-0.15, -0.1) is 0 Å². The lowest BCUT2D eigenvalue weighted by atomic mass is 9.49. The zero-order valence-electron chi connectivity index (χ0n) is 17.5. The molecule has 1 heterocycles. The first-order valence-electron chi connectivity index (χ1n) is 10.8. The number of hydrogen-bond acceptors (Lipinski definition) is 5. The third-order valence-corrected chi connectivity index (χ3v) is 8.98. The van der Waals surface area contributed by atoms with Crippen molar-refractivity contribution >= 4 is 21.4 Å². The van der Waals surface area contributed by atoms with E-state index in [0.717, 1.165) is 19.3 Å². The van der Waals surface area contributed by atoms with E-state index in [4.69, 9.17) is 9.47 Å². The average molecular weight is 432 g/mol. The number of amides is 1. The Bertz CT molecular complexity index is 964. The number of sulfone groups is 1. The second-order valence-electron chi connectivity index (χ2n) is 9.64. The van der Waals surface area contributed by atoms with Crippen molar-refractivity contribution in [2.45, 2.75) is 44.6 Å². The van der Waals surface area contributed by atoms with Crippen LogP contribution in [0, 0.1) is 23.2 Å². The second-order valence-corrected chi connectivity index (χ2v) is 11.6. The van der Waals surface area contributed by atoms with E-state index in [2.05, 4.69) is 0 Å². The average Bonchev–Trinajstić information content (AvgIpc) is 3.06. The van der Waals surface area contributed by atoms with Crippen molar-refractivity contribution in [3.8, 4) is 11.5 Å². The van der Waals surface area contributed by atoms with Gasteiger partial charge in [-0.25, -0.2) is 8.42 Å². The number of hydrogen-bond donors (Lipinski definition) is 0. The first-order valence-corrected chi connectivity index (χ1v) is 12.5. The molecule has 4 fully saturated rings. The molecule has 30 heavy (non-hydrogen) atoms. The Morgan fingerprint density at radius 3 is 2.17 bits per heavy atom. The number of benzene rings is 1. The molecule has 1 atom stereocenters. The van der Waals surface area contributed by atoms with Crippen LogP contribution >= 0.6 is 0 Å². The molecule has 7 heteroatoms. The van der Waals surface area contributed by atoms with Gasteiger partial charge in [-0.2, -0.15) is 0 Å². The predicted octanol–water partition coefficient (Wildman–Crippen LogP) is 3.56. The topological polar surface area (TPSA) is 72.9 Å². The molecule has 0 spiro atoms. The van der Waals surface area contributed by atoms with E-state index in [9.17, 15) is 13.2 Å². The molecule has 1 aliphatic heterocycles. The quantitative estimate of drug-likeness (QED) is 0.713. The van der Waals surface area contributed by atoms with Crippen LogP contribution in [-0.2, 0) is 14.6 Å². The summed E-state index contributed by atoms with van der Waals surface area (Å²) in [6.45, 7) is 0. The van der Waals surface area contributed by atoms with Gasteiger partial charge in [0.2, 0.25) is 5.91 Å². The van der Waals surface area contributed by atoms with Gasteiger partial charge in [-0.3, -0.25) is 4.79 Å². The van der Waals surface area contributed by atoms with Crippen LogP contribution in [-0.4, -0.2) is 40.3 Å². The largest absolute Gasteiger partial charge is 0.497 e. The Morgan fingerprint density at radius 1 is 1.03 bits per heavy atom. The third kappa shape index (κ3) is 3.22. The van der Waals surface area contributed by atoms with E-state index in [-0.39, 0.29) is 17.1 Å². The Kier molecular flexibility index (Phi) is 4.65. The van der Waals surface area contributed by atoms with Crippen molar-refractivity contribution in [2.75, 3.05) is 24.9 Å². The van der Waals surface area contributed by atoms with Gasteiger partial charge in [0.1, 0.15) is 11.5 Å². The van der Waals surface area contributed by atoms with Gasteiger partial charge < -0.3 is 14.4 Å². The van der Waals surface area contributed by atoms with Crippen molar-refractivity contribution in [3.05, 3.63) is 29.7 Å². The molecule has 162 valence electrons. The zero-order chi connectivity index (χ0) is 21.1. The number of carbonyl (C=O) groups excluding carboxylic acids is 1. The second kappa shape index (κ2) is 7.01. The molecule has 4 aliphatic carbocycles. The van der Waals surface area contributed by atoms with Gasteiger partial charge in [0, 0.05) is 11.5 Å². The Labute approximate surface area is 178 Å². The molecular formula is C23H29NO5S. The van der Waals surface area contributed by atoms with Crippen LogP contribution in [0.2, 0.25) is 0 Å². The van der Waals surface area contributed by atoms with E-state index in [0.29, 0.717) is 34.9 Å². The van der Waals surface area contributed by atoms with E-state index in [1.807, 2.05) is 6.07 Å². The van der Waals surface area contributed by atoms with Gasteiger partial charge in [-0.1, -0.05) is 0 Å². The molecule has 0 N–H and O–H groups in total. The fourth-order valence-corrected chi connectivity index (χ4v) is 8.04. The summed E-state index contributed by atoms with van der Waals surface area (Å²) in [7, 11) is -0.166. The highest BCUT2D eigenvalue weighted by Crippen LogP contribution is 2.61. The zero-order valence-corrected chi connectivity index (χ0v) is 18.4. The van der Waals surface area contributed by atoms with Gasteiger partial charge in [0.05, 0.1) is 37.1 Å². The summed E-state index contributed by atoms with van der Waals surface area (Å²) in [5, 5.41) is 1.24. The predicted molar refractivity (Wildman–Crippen MR) is 114 cm³/mol. The summed E-state index contributed by atoms with van der Waals surface area (Å²) in [4.78, 5) is 15.9. The minimum Gasteiger partial charge on any atom is -0.497 e. The molecular weight excluding hydrogens is 402 g/mol. The molecule has 0 unspecified atom stereocenters. The SMILES string of the molecule is COc1ccc(N(C(=O)C23CC4CC(CC(C4)C2)C3)[C@@H]2C=CS(=O)(=O)C2)c(OC)c1. The summed E-state index contributed by atoms with van der Waals surface area (Å²) in [5.41, 5.74) is 0.241. The smallest absolute Gasteiger partial charge is 0.233 e. The summed E-state index contributed by atoms with van der Waals surface area (Å²) in [6.07, 6.45) is 8.17. The lowest BCUT2D eigenvalue weighted by Gasteiger charge is -2.57. The molecule has 5 aliphatic rings. The Hall–Kier alpha value is -2.02. The summed E-state index contributed by atoms with van der Waals surface area (Å²) < 4.78 is 35.4. The third-order valence-electron chi connectivity index (χ3n) is 7.60. The highest BCUT2D eigenvalue weighted by atomic mass is 32.2. The molecule has 1 amide bonds. The molecule has 6 rings (SSSR count). The summed E-state index contributed by atoms with van der Waals surface area (Å²) in [6, 6.07) is 4.85. The number of carbonyl (C=O) groups is 1. The molecule has 1 aromatic carbocycles. The van der Waals surface area contributed by atoms with Crippen LogP contribution in [0.4, 0.5) is 5.69 Å². The van der Waals surface area contributed by atoms with Crippen molar-refractivity contribution in [3.63, 3.8) is 0 Å². The minimum absolute atomic E-state index is 0.0665. The van der Waals surface area contributed by atoms with Gasteiger partial charge in [0.25, 0.3) is 0 Å². The first-order chi connectivity index (χ1) is 14.3. The van der Waals surface area contributed by atoms with Crippen LogP contribution in [0.25, 0.3) is 0 Å². The van der Waals surface area contributed by atoms with Crippen LogP contribution in [0.5, 0.6) is 11.5 Å². The summed E-state index contributed by atoms with van der Waals surface area (Å²) >= 11 is 0. The minimum atomic E-state index is -3.31. The molecule has 4 saturated carbocycles. The Balaban J connectivity index is 1.57. The van der Waals surface area contributed by atoms with E-state index in [1.165, 1.54) is 24.7 Å². The number of nitrogens with zero attached hydrogens (tertiary/aromatic N) is 1. The van der Waals surface area contributed by atoms with Gasteiger partial charge in [0.15, 0.2) is 9.84 Å². The fourth-order valence-electron chi connectivity index (χ4n) is 6.77. The van der Waals surface area contributed by atoms with Crippen molar-refractivity contribution in [2.24, 2.45) is 23.2 Å². The van der Waals surface area contributed by atoms with Crippen LogP contribution in [0.3, 0.4) is 0 Å². The molecule has 0 aromatic heterocycles. The number of rotatable bonds is 5. The fraction of sp³-hybridized carbons (Fsp3) is 0.609. The molecule has 0 radical (unpaired) electrons. The monoisotopic (exact) mass is 431 g/mol. The van der Waals surface area contributed by atoms with Gasteiger partial charge >= 0.3 is 0 Å².